The van der Waals surface area contributed by atoms with E-state index in [2.05, 4.69) is 14.9 Å². The molecule has 0 bridgehead atoms. The van der Waals surface area contributed by atoms with Crippen LogP contribution in [-0.2, 0) is 10.0 Å². The van der Waals surface area contributed by atoms with Crippen molar-refractivity contribution in [2.75, 3.05) is 6.54 Å². The summed E-state index contributed by atoms with van der Waals surface area (Å²) in [5.41, 5.74) is 0.582. The van der Waals surface area contributed by atoms with Gasteiger partial charge in [0.2, 0.25) is 10.0 Å². The van der Waals surface area contributed by atoms with Gasteiger partial charge in [-0.25, -0.2) is 13.1 Å². The first kappa shape index (κ1) is 11.6. The molecule has 90 valence electrons. The second-order valence-electron chi connectivity index (χ2n) is 4.36. The number of aromatic amines is 1. The zero-order chi connectivity index (χ0) is 11.6. The molecule has 0 saturated heterocycles. The van der Waals surface area contributed by atoms with Gasteiger partial charge in [-0.3, -0.25) is 5.10 Å². The molecule has 0 amide bonds. The number of aryl methyl sites for hydroxylation is 1. The van der Waals surface area contributed by atoms with E-state index in [1.165, 1.54) is 19.0 Å². The largest absolute Gasteiger partial charge is 0.281 e. The van der Waals surface area contributed by atoms with Crippen molar-refractivity contribution in [2.45, 2.75) is 37.5 Å². The van der Waals surface area contributed by atoms with Crippen LogP contribution >= 0.6 is 0 Å². The molecule has 1 aliphatic rings. The average Bonchev–Trinajstić information content (AvgIpc) is 2.85. The first-order valence-electron chi connectivity index (χ1n) is 5.59. The average molecular weight is 243 g/mol. The number of nitrogens with one attached hydrogen (secondary N) is 2. The van der Waals surface area contributed by atoms with Crippen LogP contribution < -0.4 is 4.72 Å². The molecule has 1 heterocycles. The molecule has 2 rings (SSSR count). The summed E-state index contributed by atoms with van der Waals surface area (Å²) in [5.74, 6) is 0.502. The summed E-state index contributed by atoms with van der Waals surface area (Å²) in [5, 5.41) is 6.36. The highest BCUT2D eigenvalue weighted by atomic mass is 32.2. The molecule has 1 fully saturated rings. The zero-order valence-electron chi connectivity index (χ0n) is 9.36. The number of H-pyrrole nitrogens is 1. The fraction of sp³-hybridized carbons (Fsp3) is 0.700. The van der Waals surface area contributed by atoms with E-state index in [1.807, 2.05) is 0 Å². The minimum atomic E-state index is -3.38. The van der Waals surface area contributed by atoms with Crippen LogP contribution in [0.25, 0.3) is 0 Å². The minimum Gasteiger partial charge on any atom is -0.281 e. The smallest absolute Gasteiger partial charge is 0.243 e. The summed E-state index contributed by atoms with van der Waals surface area (Å²) >= 11 is 0. The van der Waals surface area contributed by atoms with Gasteiger partial charge in [-0.15, -0.1) is 0 Å². The van der Waals surface area contributed by atoms with Gasteiger partial charge in [0.05, 0.1) is 11.9 Å². The molecular formula is C10H17N3O2S. The van der Waals surface area contributed by atoms with Gasteiger partial charge >= 0.3 is 0 Å². The third-order valence-corrected chi connectivity index (χ3v) is 4.65. The number of aromatic nitrogens is 2. The van der Waals surface area contributed by atoms with Crippen molar-refractivity contribution in [3.63, 3.8) is 0 Å². The lowest BCUT2D eigenvalue weighted by Crippen LogP contribution is -2.28. The van der Waals surface area contributed by atoms with Gasteiger partial charge in [0.1, 0.15) is 4.90 Å². The topological polar surface area (TPSA) is 74.8 Å². The normalized spacial score (nSPS) is 18.1. The van der Waals surface area contributed by atoms with E-state index in [0.717, 1.165) is 12.8 Å². The van der Waals surface area contributed by atoms with E-state index < -0.39 is 10.0 Å². The second kappa shape index (κ2) is 4.55. The monoisotopic (exact) mass is 243 g/mol. The Kier molecular flexibility index (Phi) is 3.30. The van der Waals surface area contributed by atoms with E-state index in [4.69, 9.17) is 0 Å². The molecule has 1 aromatic heterocycles. The lowest BCUT2D eigenvalue weighted by atomic mass is 10.1. The molecule has 0 aliphatic heterocycles. The van der Waals surface area contributed by atoms with Gasteiger partial charge < -0.3 is 0 Å². The summed E-state index contributed by atoms with van der Waals surface area (Å²) in [6, 6.07) is 0. The molecule has 0 spiro atoms. The van der Waals surface area contributed by atoms with Crippen molar-refractivity contribution >= 4 is 10.0 Å². The van der Waals surface area contributed by atoms with Crippen molar-refractivity contribution in [2.24, 2.45) is 5.92 Å². The number of sulfonamides is 1. The van der Waals surface area contributed by atoms with Gasteiger partial charge in [0.15, 0.2) is 0 Å². The van der Waals surface area contributed by atoms with Gasteiger partial charge in [-0.05, 0) is 25.7 Å². The molecule has 0 radical (unpaired) electrons. The Morgan fingerprint density at radius 2 is 2.19 bits per heavy atom. The Bertz CT molecular complexity index is 446. The first-order valence-corrected chi connectivity index (χ1v) is 7.07. The molecular weight excluding hydrogens is 226 g/mol. The number of hydrogen-bond acceptors (Lipinski definition) is 3. The standard InChI is InChI=1S/C10H17N3O2S/c1-8-10(7-11-13-8)16(14,15)12-6-9-4-2-3-5-9/h7,9,12H,2-6H2,1H3,(H,11,13). The highest BCUT2D eigenvalue weighted by Gasteiger charge is 2.21. The Labute approximate surface area is 95.7 Å². The lowest BCUT2D eigenvalue weighted by Gasteiger charge is -2.10. The highest BCUT2D eigenvalue weighted by Crippen LogP contribution is 2.24. The Balaban J connectivity index is 2.00. The van der Waals surface area contributed by atoms with Crippen molar-refractivity contribution in [1.82, 2.24) is 14.9 Å². The molecule has 1 aromatic rings. The fourth-order valence-electron chi connectivity index (χ4n) is 2.13. The van der Waals surface area contributed by atoms with Crippen LogP contribution in [-0.4, -0.2) is 25.2 Å². The van der Waals surface area contributed by atoms with E-state index >= 15 is 0 Å². The van der Waals surface area contributed by atoms with E-state index in [-0.39, 0.29) is 4.90 Å². The maximum absolute atomic E-state index is 11.9. The Hall–Kier alpha value is -0.880. The van der Waals surface area contributed by atoms with Crippen LogP contribution in [0.4, 0.5) is 0 Å². The van der Waals surface area contributed by atoms with Crippen LogP contribution in [0, 0.1) is 12.8 Å². The zero-order valence-corrected chi connectivity index (χ0v) is 10.2. The van der Waals surface area contributed by atoms with E-state index in [1.54, 1.807) is 6.92 Å². The van der Waals surface area contributed by atoms with Crippen LogP contribution in [0.3, 0.4) is 0 Å². The maximum atomic E-state index is 11.9. The van der Waals surface area contributed by atoms with Crippen molar-refractivity contribution < 1.29 is 8.42 Å². The Morgan fingerprint density at radius 3 is 2.75 bits per heavy atom. The predicted octanol–water partition coefficient (Wildman–Crippen LogP) is 1.19. The predicted molar refractivity (Wildman–Crippen MR) is 60.5 cm³/mol. The molecule has 0 aromatic carbocycles. The van der Waals surface area contributed by atoms with Gasteiger partial charge in [0, 0.05) is 6.54 Å². The van der Waals surface area contributed by atoms with Crippen molar-refractivity contribution in [3.8, 4) is 0 Å². The summed E-state index contributed by atoms with van der Waals surface area (Å²) in [6.07, 6.45) is 6.06. The molecule has 0 unspecified atom stereocenters. The second-order valence-corrected chi connectivity index (χ2v) is 6.10. The number of rotatable bonds is 4. The molecule has 0 atom stereocenters. The SMILES string of the molecule is Cc1[nH]ncc1S(=O)(=O)NCC1CCCC1. The van der Waals surface area contributed by atoms with Crippen LogP contribution in [0.1, 0.15) is 31.4 Å². The van der Waals surface area contributed by atoms with Crippen LogP contribution in [0.5, 0.6) is 0 Å². The summed E-state index contributed by atoms with van der Waals surface area (Å²) in [4.78, 5) is 0.255. The lowest BCUT2D eigenvalue weighted by molar-refractivity contribution is 0.519. The highest BCUT2D eigenvalue weighted by molar-refractivity contribution is 7.89. The number of hydrogen-bond donors (Lipinski definition) is 2. The maximum Gasteiger partial charge on any atom is 0.243 e. The van der Waals surface area contributed by atoms with E-state index in [0.29, 0.717) is 18.2 Å². The number of nitrogens with zero attached hydrogens (tertiary/aromatic N) is 1. The third-order valence-electron chi connectivity index (χ3n) is 3.11. The quantitative estimate of drug-likeness (QED) is 0.834. The minimum absolute atomic E-state index is 0.255. The molecule has 1 aliphatic carbocycles. The molecule has 5 nitrogen and oxygen atoms in total. The molecule has 16 heavy (non-hydrogen) atoms. The third kappa shape index (κ3) is 2.44. The van der Waals surface area contributed by atoms with Gasteiger partial charge in [-0.2, -0.15) is 5.10 Å². The summed E-state index contributed by atoms with van der Waals surface area (Å²) < 4.78 is 26.5. The molecule has 2 N–H and O–H groups in total. The first-order chi connectivity index (χ1) is 7.59. The van der Waals surface area contributed by atoms with Crippen molar-refractivity contribution in [3.05, 3.63) is 11.9 Å². The van der Waals surface area contributed by atoms with E-state index in [9.17, 15) is 8.42 Å². The fourth-order valence-corrected chi connectivity index (χ4v) is 3.38. The Morgan fingerprint density at radius 1 is 1.50 bits per heavy atom. The van der Waals surface area contributed by atoms with Gasteiger partial charge in [-0.1, -0.05) is 12.8 Å². The molecule has 6 heteroatoms. The summed E-state index contributed by atoms with van der Waals surface area (Å²) in [6.45, 7) is 2.25. The summed E-state index contributed by atoms with van der Waals surface area (Å²) in [7, 11) is -3.38. The van der Waals surface area contributed by atoms with Crippen molar-refractivity contribution in [1.29, 1.82) is 0 Å². The van der Waals surface area contributed by atoms with Crippen LogP contribution in [0.2, 0.25) is 0 Å². The molecule has 1 saturated carbocycles. The van der Waals surface area contributed by atoms with Crippen LogP contribution in [0.15, 0.2) is 11.1 Å². The van der Waals surface area contributed by atoms with Gasteiger partial charge in [0.25, 0.3) is 0 Å².